The van der Waals surface area contributed by atoms with Gasteiger partial charge >= 0.3 is 0 Å². The third kappa shape index (κ3) is 3.75. The minimum Gasteiger partial charge on any atom is -0.311 e. The number of para-hydroxylation sites is 1. The predicted molar refractivity (Wildman–Crippen MR) is 93.5 cm³/mol. The number of anilines is 1. The lowest BCUT2D eigenvalue weighted by molar-refractivity contribution is -0.118. The van der Waals surface area contributed by atoms with Gasteiger partial charge in [0.1, 0.15) is 5.82 Å². The Labute approximate surface area is 140 Å². The highest BCUT2D eigenvalue weighted by atomic mass is 32.2. The number of fused-ring (bicyclic) bond motifs is 1. The second-order valence-corrected chi connectivity index (χ2v) is 7.30. The zero-order chi connectivity index (χ0) is 16.2. The van der Waals surface area contributed by atoms with E-state index in [1.54, 1.807) is 12.1 Å². The summed E-state index contributed by atoms with van der Waals surface area (Å²) in [4.78, 5) is 15.7. The van der Waals surface area contributed by atoms with Crippen molar-refractivity contribution in [2.75, 3.05) is 11.4 Å². The van der Waals surface area contributed by atoms with Crippen molar-refractivity contribution in [1.29, 1.82) is 0 Å². The Morgan fingerprint density at radius 2 is 1.96 bits per heavy atom. The fourth-order valence-electron chi connectivity index (χ4n) is 2.82. The van der Waals surface area contributed by atoms with Crippen LogP contribution in [-0.4, -0.2) is 17.7 Å². The lowest BCUT2D eigenvalue weighted by Gasteiger charge is -2.22. The van der Waals surface area contributed by atoms with Crippen LogP contribution >= 0.6 is 11.8 Å². The summed E-state index contributed by atoms with van der Waals surface area (Å²) in [5.41, 5.74) is 1.59. The molecule has 120 valence electrons. The smallest absolute Gasteiger partial charge is 0.227 e. The number of benzene rings is 2. The summed E-state index contributed by atoms with van der Waals surface area (Å²) < 4.78 is 13.7. The highest BCUT2D eigenvalue weighted by molar-refractivity contribution is 8.00. The van der Waals surface area contributed by atoms with Crippen LogP contribution in [0.15, 0.2) is 53.4 Å². The first-order valence-corrected chi connectivity index (χ1v) is 8.82. The number of rotatable bonds is 3. The molecule has 2 aromatic carbocycles. The van der Waals surface area contributed by atoms with Gasteiger partial charge in [0, 0.05) is 23.1 Å². The molecule has 1 amide bonds. The standard InChI is InChI=1S/C19H20FNOS/c1-14-12-13-21(17-8-4-5-9-18(17)23-14)19(22)11-10-15-6-2-3-7-16(15)20/h2-9,14H,10-13H2,1H3. The highest BCUT2D eigenvalue weighted by Crippen LogP contribution is 2.37. The zero-order valence-corrected chi connectivity index (χ0v) is 14.0. The van der Waals surface area contributed by atoms with Gasteiger partial charge in [0.15, 0.2) is 0 Å². The van der Waals surface area contributed by atoms with Crippen molar-refractivity contribution < 1.29 is 9.18 Å². The fraction of sp³-hybridized carbons (Fsp3) is 0.316. The van der Waals surface area contributed by atoms with Crippen LogP contribution in [0.1, 0.15) is 25.3 Å². The Morgan fingerprint density at radius 3 is 2.78 bits per heavy atom. The summed E-state index contributed by atoms with van der Waals surface area (Å²) in [6.45, 7) is 2.91. The second kappa shape index (κ2) is 7.18. The minimum atomic E-state index is -0.235. The third-order valence-electron chi connectivity index (χ3n) is 4.11. The number of carbonyl (C=O) groups excluding carboxylic acids is 1. The molecule has 0 saturated carbocycles. The Hall–Kier alpha value is -1.81. The molecule has 0 fully saturated rings. The minimum absolute atomic E-state index is 0.0652. The number of hydrogen-bond donors (Lipinski definition) is 0. The van der Waals surface area contributed by atoms with E-state index in [-0.39, 0.29) is 11.7 Å². The van der Waals surface area contributed by atoms with Crippen molar-refractivity contribution in [3.63, 3.8) is 0 Å². The first kappa shape index (κ1) is 16.1. The Kier molecular flexibility index (Phi) is 5.01. The monoisotopic (exact) mass is 329 g/mol. The van der Waals surface area contributed by atoms with E-state index in [2.05, 4.69) is 13.0 Å². The summed E-state index contributed by atoms with van der Waals surface area (Å²) in [5, 5.41) is 0.487. The third-order valence-corrected chi connectivity index (χ3v) is 5.35. The molecule has 0 radical (unpaired) electrons. The molecule has 0 N–H and O–H groups in total. The van der Waals surface area contributed by atoms with Crippen LogP contribution in [0, 0.1) is 5.82 Å². The topological polar surface area (TPSA) is 20.3 Å². The molecule has 2 nitrogen and oxygen atoms in total. The quantitative estimate of drug-likeness (QED) is 0.815. The van der Waals surface area contributed by atoms with Crippen LogP contribution < -0.4 is 4.90 Å². The number of thioether (sulfide) groups is 1. The molecular weight excluding hydrogens is 309 g/mol. The maximum atomic E-state index is 13.7. The molecule has 1 unspecified atom stereocenters. The van der Waals surface area contributed by atoms with Crippen molar-refractivity contribution in [1.82, 2.24) is 0 Å². The van der Waals surface area contributed by atoms with Crippen molar-refractivity contribution in [3.8, 4) is 0 Å². The summed E-state index contributed by atoms with van der Waals surface area (Å²) in [6, 6.07) is 14.7. The molecule has 23 heavy (non-hydrogen) atoms. The lowest BCUT2D eigenvalue weighted by Crippen LogP contribution is -2.32. The molecule has 0 saturated heterocycles. The van der Waals surface area contributed by atoms with E-state index < -0.39 is 0 Å². The average Bonchev–Trinajstić information content (AvgIpc) is 2.72. The number of carbonyl (C=O) groups is 1. The summed E-state index contributed by atoms with van der Waals surface area (Å²) >= 11 is 1.82. The van der Waals surface area contributed by atoms with Gasteiger partial charge < -0.3 is 4.90 Å². The van der Waals surface area contributed by atoms with Gasteiger partial charge in [-0.05, 0) is 36.6 Å². The largest absolute Gasteiger partial charge is 0.311 e. The van der Waals surface area contributed by atoms with Crippen LogP contribution in [-0.2, 0) is 11.2 Å². The molecular formula is C19H20FNOS. The Bertz CT molecular complexity index is 703. The zero-order valence-electron chi connectivity index (χ0n) is 13.2. The highest BCUT2D eigenvalue weighted by Gasteiger charge is 2.23. The SMILES string of the molecule is CC1CCN(C(=O)CCc2ccccc2F)c2ccccc2S1. The molecule has 4 heteroatoms. The van der Waals surface area contributed by atoms with Crippen LogP contribution in [0.3, 0.4) is 0 Å². The van der Waals surface area contributed by atoms with Crippen LogP contribution in [0.2, 0.25) is 0 Å². The van der Waals surface area contributed by atoms with Gasteiger partial charge in [-0.25, -0.2) is 4.39 Å². The maximum Gasteiger partial charge on any atom is 0.227 e. The molecule has 0 aromatic heterocycles. The summed E-state index contributed by atoms with van der Waals surface area (Å²) in [7, 11) is 0. The average molecular weight is 329 g/mol. The number of nitrogens with zero attached hydrogens (tertiary/aromatic N) is 1. The number of amides is 1. The van der Waals surface area contributed by atoms with Crippen molar-refractivity contribution in [2.45, 2.75) is 36.3 Å². The number of hydrogen-bond acceptors (Lipinski definition) is 2. The van der Waals surface area contributed by atoms with E-state index in [0.717, 1.165) is 23.5 Å². The first-order chi connectivity index (χ1) is 11.1. The van der Waals surface area contributed by atoms with Crippen LogP contribution in [0.4, 0.5) is 10.1 Å². The molecule has 3 rings (SSSR count). The van der Waals surface area contributed by atoms with Gasteiger partial charge in [0.05, 0.1) is 5.69 Å². The molecule has 1 atom stereocenters. The van der Waals surface area contributed by atoms with Gasteiger partial charge in [-0.3, -0.25) is 4.79 Å². The normalized spacial score (nSPS) is 17.5. The van der Waals surface area contributed by atoms with E-state index in [1.165, 1.54) is 6.07 Å². The first-order valence-electron chi connectivity index (χ1n) is 7.94. The second-order valence-electron chi connectivity index (χ2n) is 5.82. The predicted octanol–water partition coefficient (Wildman–Crippen LogP) is 4.68. The van der Waals surface area contributed by atoms with Crippen molar-refractivity contribution in [2.24, 2.45) is 0 Å². The molecule has 0 bridgehead atoms. The van der Waals surface area contributed by atoms with Crippen LogP contribution in [0.25, 0.3) is 0 Å². The molecule has 0 spiro atoms. The van der Waals surface area contributed by atoms with Crippen LogP contribution in [0.5, 0.6) is 0 Å². The Morgan fingerprint density at radius 1 is 1.22 bits per heavy atom. The summed E-state index contributed by atoms with van der Waals surface area (Å²) in [5.74, 6) is -0.170. The van der Waals surface area contributed by atoms with E-state index in [4.69, 9.17) is 0 Å². The van der Waals surface area contributed by atoms with Gasteiger partial charge in [0.25, 0.3) is 0 Å². The summed E-state index contributed by atoms with van der Waals surface area (Å²) in [6.07, 6.45) is 1.73. The van der Waals surface area contributed by atoms with Crippen molar-refractivity contribution >= 4 is 23.4 Å². The molecule has 0 aliphatic carbocycles. The maximum absolute atomic E-state index is 13.7. The van der Waals surface area contributed by atoms with Gasteiger partial charge in [-0.2, -0.15) is 0 Å². The van der Waals surface area contributed by atoms with Gasteiger partial charge in [-0.15, -0.1) is 11.8 Å². The Balaban J connectivity index is 1.75. The fourth-order valence-corrected chi connectivity index (χ4v) is 3.94. The molecule has 1 heterocycles. The van der Waals surface area contributed by atoms with Gasteiger partial charge in [-0.1, -0.05) is 37.3 Å². The molecule has 2 aromatic rings. The lowest BCUT2D eigenvalue weighted by atomic mass is 10.1. The van der Waals surface area contributed by atoms with E-state index in [0.29, 0.717) is 23.7 Å². The molecule has 1 aliphatic heterocycles. The number of aryl methyl sites for hydroxylation is 1. The van der Waals surface area contributed by atoms with E-state index >= 15 is 0 Å². The van der Waals surface area contributed by atoms with Crippen molar-refractivity contribution in [3.05, 3.63) is 59.9 Å². The van der Waals surface area contributed by atoms with E-state index in [1.807, 2.05) is 40.9 Å². The number of halogens is 1. The van der Waals surface area contributed by atoms with E-state index in [9.17, 15) is 9.18 Å². The molecule has 1 aliphatic rings. The van der Waals surface area contributed by atoms with Gasteiger partial charge in [0.2, 0.25) is 5.91 Å².